The fraction of sp³-hybridized carbons (Fsp3) is 0.296. The van der Waals surface area contributed by atoms with Gasteiger partial charge in [-0.3, -0.25) is 4.79 Å². The number of rotatable bonds is 5. The fourth-order valence-corrected chi connectivity index (χ4v) is 6.19. The van der Waals surface area contributed by atoms with Crippen LogP contribution in [0.5, 0.6) is 0 Å². The van der Waals surface area contributed by atoms with Crippen molar-refractivity contribution in [1.82, 2.24) is 19.9 Å². The van der Waals surface area contributed by atoms with Crippen molar-refractivity contribution in [2.75, 3.05) is 5.32 Å². The summed E-state index contributed by atoms with van der Waals surface area (Å²) in [4.78, 5) is 28.4. The summed E-state index contributed by atoms with van der Waals surface area (Å²) < 4.78 is 16.3. The third-order valence-corrected chi connectivity index (χ3v) is 7.91. The molecule has 0 saturated heterocycles. The molecule has 0 radical (unpaired) electrons. The Morgan fingerprint density at radius 1 is 1.16 bits per heavy atom. The van der Waals surface area contributed by atoms with Crippen molar-refractivity contribution >= 4 is 34.6 Å². The molecule has 0 amide bonds. The Labute approximate surface area is 216 Å². The van der Waals surface area contributed by atoms with Gasteiger partial charge in [0.1, 0.15) is 16.7 Å². The van der Waals surface area contributed by atoms with Crippen LogP contribution in [0.3, 0.4) is 0 Å². The number of carbonyl (C=O) groups is 1. The largest absolute Gasteiger partial charge is 0.481 e. The second-order valence-corrected chi connectivity index (χ2v) is 10.0. The average Bonchev–Trinajstić information content (AvgIpc) is 3.33. The first-order valence-electron chi connectivity index (χ1n) is 12.1. The number of nitrogens with zero attached hydrogens (tertiary/aromatic N) is 4. The molecular weight excluding hydrogens is 495 g/mol. The Morgan fingerprint density at radius 2 is 1.89 bits per heavy atom. The number of nitriles is 1. The normalized spacial score (nSPS) is 22.6. The number of anilines is 1. The quantitative estimate of drug-likeness (QED) is 0.312. The number of hydrogen-bond donors (Lipinski definition) is 3. The Morgan fingerprint density at radius 3 is 2.59 bits per heavy atom. The number of aromatic amines is 1. The summed E-state index contributed by atoms with van der Waals surface area (Å²) in [6.07, 6.45) is 6.51. The zero-order chi connectivity index (χ0) is 25.7. The molecule has 0 spiro atoms. The third-order valence-electron chi connectivity index (χ3n) is 7.73. The van der Waals surface area contributed by atoms with Gasteiger partial charge in [-0.05, 0) is 43.1 Å². The predicted octanol–water partition coefficient (Wildman–Crippen LogP) is 5.65. The number of fused-ring (bicyclic) bond motifs is 4. The van der Waals surface area contributed by atoms with Crippen LogP contribution in [0, 0.1) is 34.9 Å². The lowest BCUT2D eigenvalue weighted by molar-refractivity contribution is -0.148. The van der Waals surface area contributed by atoms with Gasteiger partial charge in [-0.25, -0.2) is 19.3 Å². The van der Waals surface area contributed by atoms with Crippen LogP contribution in [0.4, 0.5) is 10.2 Å². The Kier molecular flexibility index (Phi) is 5.76. The van der Waals surface area contributed by atoms with E-state index in [0.717, 1.165) is 25.7 Å². The summed E-state index contributed by atoms with van der Waals surface area (Å²) in [5.74, 6) is -2.15. The maximum absolute atomic E-state index is 16.3. The molecule has 3 aromatic heterocycles. The zero-order valence-electron chi connectivity index (χ0n) is 19.6. The summed E-state index contributed by atoms with van der Waals surface area (Å²) >= 11 is 6.10. The highest BCUT2D eigenvalue weighted by atomic mass is 35.5. The van der Waals surface area contributed by atoms with E-state index in [1.807, 2.05) is 6.07 Å². The Balaban J connectivity index is 1.57. The molecular formula is C27H22ClFN6O2. The number of nitrogens with one attached hydrogen (secondary N) is 2. The van der Waals surface area contributed by atoms with E-state index in [2.05, 4.69) is 31.3 Å². The van der Waals surface area contributed by atoms with Gasteiger partial charge in [0, 0.05) is 23.4 Å². The molecule has 3 aliphatic rings. The van der Waals surface area contributed by atoms with Gasteiger partial charge in [0.15, 0.2) is 17.3 Å². The van der Waals surface area contributed by atoms with Gasteiger partial charge in [-0.15, -0.1) is 0 Å². The van der Waals surface area contributed by atoms with Crippen LogP contribution in [-0.2, 0) is 4.79 Å². The first-order chi connectivity index (χ1) is 18.0. The molecule has 7 rings (SSSR count). The molecule has 8 nitrogen and oxygen atoms in total. The van der Waals surface area contributed by atoms with E-state index in [-0.39, 0.29) is 39.6 Å². The molecule has 3 fully saturated rings. The second-order valence-electron chi connectivity index (χ2n) is 9.65. The summed E-state index contributed by atoms with van der Waals surface area (Å²) in [6.45, 7) is 0. The van der Waals surface area contributed by atoms with E-state index >= 15 is 4.39 Å². The number of halogens is 2. The molecule has 0 unspecified atom stereocenters. The van der Waals surface area contributed by atoms with Crippen LogP contribution in [0.15, 0.2) is 42.7 Å². The van der Waals surface area contributed by atoms with Crippen LogP contribution in [0.1, 0.15) is 31.2 Å². The summed E-state index contributed by atoms with van der Waals surface area (Å²) in [5, 5.41) is 23.6. The minimum Gasteiger partial charge on any atom is -0.481 e. The topological polar surface area (TPSA) is 128 Å². The molecule has 3 N–H and O–H groups in total. The Bertz CT molecular complexity index is 1560. The smallest absolute Gasteiger partial charge is 0.308 e. The minimum absolute atomic E-state index is 0.0388. The fourth-order valence-electron chi connectivity index (χ4n) is 6.06. The zero-order valence-corrected chi connectivity index (χ0v) is 20.3. The maximum atomic E-state index is 16.3. The lowest BCUT2D eigenvalue weighted by atomic mass is 9.61. The first kappa shape index (κ1) is 23.4. The van der Waals surface area contributed by atoms with Crippen molar-refractivity contribution in [3.8, 4) is 28.5 Å². The number of aliphatic carboxylic acids is 1. The molecule has 186 valence electrons. The molecule has 2 bridgehead atoms. The lowest BCUT2D eigenvalue weighted by Gasteiger charge is -2.47. The highest BCUT2D eigenvalue weighted by Crippen LogP contribution is 2.47. The summed E-state index contributed by atoms with van der Waals surface area (Å²) in [7, 11) is 0. The first-order valence-corrected chi connectivity index (χ1v) is 12.5. The van der Waals surface area contributed by atoms with Crippen LogP contribution in [-0.4, -0.2) is 37.1 Å². The number of carboxylic acids is 1. The van der Waals surface area contributed by atoms with E-state index in [4.69, 9.17) is 11.6 Å². The van der Waals surface area contributed by atoms with Crippen molar-refractivity contribution in [1.29, 1.82) is 5.26 Å². The molecule has 1 aromatic carbocycles. The van der Waals surface area contributed by atoms with Gasteiger partial charge in [0.05, 0.1) is 23.4 Å². The predicted molar refractivity (Wildman–Crippen MR) is 136 cm³/mol. The molecule has 3 heterocycles. The molecule has 3 saturated carbocycles. The molecule has 4 aromatic rings. The van der Waals surface area contributed by atoms with E-state index in [0.29, 0.717) is 22.3 Å². The van der Waals surface area contributed by atoms with Crippen molar-refractivity contribution in [2.24, 2.45) is 17.8 Å². The summed E-state index contributed by atoms with van der Waals surface area (Å²) in [6, 6.07) is 10.5. The van der Waals surface area contributed by atoms with Gasteiger partial charge in [0.2, 0.25) is 0 Å². The van der Waals surface area contributed by atoms with Crippen LogP contribution in [0.2, 0.25) is 5.15 Å². The summed E-state index contributed by atoms with van der Waals surface area (Å²) in [5.41, 5.74) is 2.13. The molecule has 2 atom stereocenters. The third kappa shape index (κ3) is 3.89. The van der Waals surface area contributed by atoms with Crippen molar-refractivity contribution in [3.63, 3.8) is 0 Å². The van der Waals surface area contributed by atoms with Gasteiger partial charge in [-0.2, -0.15) is 5.26 Å². The molecule has 3 aliphatic carbocycles. The molecule has 0 aliphatic heterocycles. The van der Waals surface area contributed by atoms with Gasteiger partial charge >= 0.3 is 5.97 Å². The van der Waals surface area contributed by atoms with Crippen LogP contribution in [0.25, 0.3) is 33.5 Å². The lowest BCUT2D eigenvalue weighted by Crippen LogP contribution is -2.51. The van der Waals surface area contributed by atoms with E-state index < -0.39 is 23.7 Å². The monoisotopic (exact) mass is 516 g/mol. The SMILES string of the molecule is N#Cc1c(-c2c[nH]c3ncc(Cl)nc23)nc(N[C@@H]2C3CCC(CC3)[C@H]2C(=O)O)c(F)c1-c1ccccc1. The van der Waals surface area contributed by atoms with Crippen molar-refractivity contribution in [2.45, 2.75) is 31.7 Å². The highest BCUT2D eigenvalue weighted by molar-refractivity contribution is 6.29. The minimum atomic E-state index is -0.883. The maximum Gasteiger partial charge on any atom is 0.308 e. The standard InChI is InChI=1S/C27H22ClFN6O2/c28-18-12-32-26-24(33-18)17(11-31-26)23-16(10-30)19(13-4-2-1-3-5-13)21(29)25(35-23)34-22-15-8-6-14(7-9-15)20(22)27(36)37/h1-5,11-12,14-15,20,22H,6-9H2,(H,31,32)(H,34,35)(H,36,37)/t14?,15?,20-,22-/m1/s1. The van der Waals surface area contributed by atoms with Gasteiger partial charge in [0.25, 0.3) is 0 Å². The van der Waals surface area contributed by atoms with Crippen molar-refractivity contribution < 1.29 is 14.3 Å². The number of H-pyrrole nitrogens is 1. The van der Waals surface area contributed by atoms with Crippen LogP contribution < -0.4 is 5.32 Å². The average molecular weight is 517 g/mol. The van der Waals surface area contributed by atoms with Crippen molar-refractivity contribution in [3.05, 3.63) is 59.3 Å². The van der Waals surface area contributed by atoms with Gasteiger partial charge in [-0.1, -0.05) is 41.9 Å². The number of aromatic nitrogens is 4. The second kappa shape index (κ2) is 9.12. The van der Waals surface area contributed by atoms with Gasteiger partial charge < -0.3 is 15.4 Å². The molecule has 10 heteroatoms. The van der Waals surface area contributed by atoms with E-state index in [1.54, 1.807) is 30.5 Å². The number of pyridine rings is 1. The number of carboxylic acid groups (broad SMARTS) is 1. The highest BCUT2D eigenvalue weighted by Gasteiger charge is 2.47. The number of hydrogen-bond acceptors (Lipinski definition) is 6. The van der Waals surface area contributed by atoms with Crippen LogP contribution >= 0.6 is 11.6 Å². The number of benzene rings is 1. The van der Waals surface area contributed by atoms with E-state index in [9.17, 15) is 15.2 Å². The Hall–Kier alpha value is -4.03. The molecule has 37 heavy (non-hydrogen) atoms. The van der Waals surface area contributed by atoms with E-state index in [1.165, 1.54) is 6.20 Å².